The van der Waals surface area contributed by atoms with Crippen molar-refractivity contribution >= 4 is 24.6 Å². The van der Waals surface area contributed by atoms with E-state index in [1.54, 1.807) is 89.6 Å². The molecule has 240 valence electrons. The van der Waals surface area contributed by atoms with Crippen LogP contribution in [0.4, 0.5) is 0 Å². The molecule has 2 N–H and O–H groups in total. The Morgan fingerprint density at radius 1 is 0.860 bits per heavy atom. The van der Waals surface area contributed by atoms with Crippen LogP contribution in [0.5, 0.6) is 0 Å². The van der Waals surface area contributed by atoms with Crippen molar-refractivity contribution < 1.29 is 29.2 Å². The van der Waals surface area contributed by atoms with Gasteiger partial charge in [-0.3, -0.25) is 4.21 Å². The van der Waals surface area contributed by atoms with Crippen LogP contribution in [0.25, 0.3) is 5.57 Å². The summed E-state index contributed by atoms with van der Waals surface area (Å²) in [6.45, 7) is 2.46. The maximum Gasteiger partial charge on any atom is 2.00 e. The van der Waals surface area contributed by atoms with E-state index in [0.717, 1.165) is 34.6 Å². The molecule has 10 rings (SSSR count). The van der Waals surface area contributed by atoms with Gasteiger partial charge in [0.25, 0.3) is 0 Å². The summed E-state index contributed by atoms with van der Waals surface area (Å²) in [5.41, 5.74) is 8.26. The summed E-state index contributed by atoms with van der Waals surface area (Å²) in [6.07, 6.45) is 33.0. The minimum atomic E-state index is -1.86. The van der Waals surface area contributed by atoms with Gasteiger partial charge in [0.2, 0.25) is 0 Å². The second-order valence-corrected chi connectivity index (χ2v) is 19.9. The first-order valence-corrected chi connectivity index (χ1v) is 20.4. The van der Waals surface area contributed by atoms with Gasteiger partial charge in [-0.05, 0) is 132 Å². The van der Waals surface area contributed by atoms with Gasteiger partial charge in [-0.2, -0.15) is 11.6 Å². The number of allylic oxidation sites excluding steroid dienone is 2. The van der Waals surface area contributed by atoms with Gasteiger partial charge in [0, 0.05) is 7.92 Å². The Kier molecular flexibility index (Phi) is 11.6. The molecule has 6 heteroatoms. The van der Waals surface area contributed by atoms with Gasteiger partial charge < -0.3 is 10.3 Å². The Labute approximate surface area is 279 Å². The average Bonchev–Trinajstić information content (AvgIpc) is 2.92. The normalized spacial score (nSPS) is 39.1. The van der Waals surface area contributed by atoms with Crippen LogP contribution in [0, 0.1) is 41.5 Å². The minimum Gasteiger partial charge on any atom is -0.773 e. The Bertz CT molecular complexity index is 1030. The van der Waals surface area contributed by atoms with Crippen molar-refractivity contribution in [2.24, 2.45) is 41.2 Å². The van der Waals surface area contributed by atoms with E-state index in [2.05, 4.69) is 37.3 Å². The molecule has 1 unspecified atom stereocenters. The molecule has 8 fully saturated rings. The first kappa shape index (κ1) is 34.1. The molecule has 0 amide bonds. The van der Waals surface area contributed by atoms with Crippen LogP contribution >= 0.6 is 7.92 Å². The number of nitrogens with two attached hydrogens (primary N) is 1. The monoisotopic (exact) mass is 714 g/mol. The molecule has 0 aromatic heterocycles. The molecule has 1 atom stereocenters. The van der Waals surface area contributed by atoms with Crippen LogP contribution < -0.4 is 5.73 Å². The number of hydrogen-bond acceptors (Lipinski definition) is 3. The third-order valence-electron chi connectivity index (χ3n) is 12.3. The van der Waals surface area contributed by atoms with Gasteiger partial charge >= 0.3 is 20.4 Å². The first-order chi connectivity index (χ1) is 20.3. The Hall–Kier alpha value is -0.268. The fourth-order valence-corrected chi connectivity index (χ4v) is 18.0. The quantitative estimate of drug-likeness (QED) is 0.139. The molecule has 43 heavy (non-hydrogen) atoms. The maximum absolute atomic E-state index is 9.00. The number of hydrogen-bond donors (Lipinski definition) is 1. The Balaban J connectivity index is 0.000000173. The third kappa shape index (κ3) is 7.66. The number of unbranched alkanes of at least 4 members (excludes halogenated alkanes) is 1. The van der Waals surface area contributed by atoms with Crippen LogP contribution in [0.2, 0.25) is 0 Å². The molecule has 0 spiro atoms. The molecule has 0 aliphatic heterocycles. The molecule has 0 radical (unpaired) electrons. The van der Waals surface area contributed by atoms with Gasteiger partial charge in [0.05, 0.1) is 16.5 Å². The number of benzene rings is 1. The van der Waals surface area contributed by atoms with E-state index in [-0.39, 0.29) is 28.3 Å². The maximum atomic E-state index is 9.00. The summed E-state index contributed by atoms with van der Waals surface area (Å²) in [6, 6.07) is 11.2. The van der Waals surface area contributed by atoms with Gasteiger partial charge in [-0.1, -0.05) is 42.6 Å². The van der Waals surface area contributed by atoms with Crippen LogP contribution in [0.1, 0.15) is 109 Å². The van der Waals surface area contributed by atoms with Crippen molar-refractivity contribution in [1.29, 1.82) is 0 Å². The fraction of sp³-hybridized carbons (Fsp3) is 0.703. The summed E-state index contributed by atoms with van der Waals surface area (Å²) >= 11 is -1.86. The zero-order valence-electron chi connectivity index (χ0n) is 26.5. The second-order valence-electron chi connectivity index (χ2n) is 15.5. The summed E-state index contributed by atoms with van der Waals surface area (Å²) in [4.78, 5) is 0. The van der Waals surface area contributed by atoms with E-state index in [1.165, 1.54) is 47.5 Å². The van der Waals surface area contributed by atoms with Crippen molar-refractivity contribution in [1.82, 2.24) is 0 Å². The SMILES string of the molecule is CCCC[PH+](C12CC3CC(CC(C3)C1)C2)C12CC3CC(CC(C3)C1)C2.CS(=O)[O-].N[C-]1CC=CC=C1c1ccccc1.[Pd+2]. The largest absolute Gasteiger partial charge is 2.00 e. The molecule has 9 aliphatic rings. The third-order valence-corrected chi connectivity index (χ3v) is 16.9. The zero-order chi connectivity index (χ0) is 29.3. The van der Waals surface area contributed by atoms with E-state index in [1.807, 2.05) is 18.2 Å². The molecule has 1 aromatic carbocycles. The molecule has 0 saturated heterocycles. The van der Waals surface area contributed by atoms with E-state index < -0.39 is 11.1 Å². The minimum absolute atomic E-state index is 0. The predicted octanol–water partition coefficient (Wildman–Crippen LogP) is 8.95. The Morgan fingerprint density at radius 3 is 1.65 bits per heavy atom. The van der Waals surface area contributed by atoms with Crippen LogP contribution in [-0.2, 0) is 31.5 Å². The molecular formula is C37H55NO2PPdS+. The average molecular weight is 715 g/mol. The van der Waals surface area contributed by atoms with Gasteiger partial charge in [0.1, 0.15) is 0 Å². The van der Waals surface area contributed by atoms with Crippen molar-refractivity contribution in [3.05, 3.63) is 60.2 Å². The summed E-state index contributed by atoms with van der Waals surface area (Å²) < 4.78 is 18.0. The van der Waals surface area contributed by atoms with Crippen LogP contribution in [0.15, 0.2) is 48.6 Å². The zero-order valence-corrected chi connectivity index (χ0v) is 29.9. The van der Waals surface area contributed by atoms with E-state index in [4.69, 9.17) is 14.5 Å². The van der Waals surface area contributed by atoms with Crippen LogP contribution in [-0.4, -0.2) is 31.5 Å². The van der Waals surface area contributed by atoms with Crippen molar-refractivity contribution in [3.8, 4) is 0 Å². The smallest absolute Gasteiger partial charge is 0.773 e. The molecule has 8 bridgehead atoms. The molecule has 9 aliphatic carbocycles. The Morgan fingerprint density at radius 2 is 1.28 bits per heavy atom. The van der Waals surface area contributed by atoms with E-state index in [0.29, 0.717) is 0 Å². The summed E-state index contributed by atoms with van der Waals surface area (Å²) in [5.74, 6) is 7.01. The topological polar surface area (TPSA) is 66.1 Å². The van der Waals surface area contributed by atoms with E-state index in [9.17, 15) is 0 Å². The first-order valence-electron chi connectivity index (χ1n) is 17.2. The summed E-state index contributed by atoms with van der Waals surface area (Å²) in [5, 5.41) is 1.83. The van der Waals surface area contributed by atoms with Crippen LogP contribution in [0.3, 0.4) is 0 Å². The second kappa shape index (κ2) is 14.7. The molecule has 3 nitrogen and oxygen atoms in total. The summed E-state index contributed by atoms with van der Waals surface area (Å²) in [7, 11) is -0.196. The standard InChI is InChI=1S/C24H39P.C12H12N.CH4O2S.Pd/c1-2-3-4-25(23-11-17-5-18(12-23)7-19(6-17)13-23)24-14-20-8-21(15-24)10-22(9-20)16-24;13-12-9-5-4-8-11(12)10-6-2-1-3-7-10;1-4(2)3;/h17-22H,2-16H2,1H3;1-8H,9,13H2;1H3,(H,2,3);/q;-1;;+2. The fourth-order valence-electron chi connectivity index (χ4n) is 11.9. The predicted molar refractivity (Wildman–Crippen MR) is 180 cm³/mol. The molecule has 0 heterocycles. The van der Waals surface area contributed by atoms with Crippen molar-refractivity contribution in [2.45, 2.75) is 114 Å². The van der Waals surface area contributed by atoms with Gasteiger partial charge in [-0.25, -0.2) is 0 Å². The van der Waals surface area contributed by atoms with Crippen molar-refractivity contribution in [3.63, 3.8) is 0 Å². The number of rotatable bonds is 6. The molecular weight excluding hydrogens is 660 g/mol. The van der Waals surface area contributed by atoms with E-state index >= 15 is 0 Å². The van der Waals surface area contributed by atoms with Gasteiger partial charge in [0.15, 0.2) is 0 Å². The molecule has 1 aromatic rings. The van der Waals surface area contributed by atoms with Gasteiger partial charge in [-0.15, -0.1) is 35.9 Å². The molecule has 8 saturated carbocycles. The van der Waals surface area contributed by atoms with Crippen molar-refractivity contribution in [2.75, 3.05) is 12.4 Å².